The molecule has 0 heterocycles. The molecule has 0 saturated carbocycles. The summed E-state index contributed by atoms with van der Waals surface area (Å²) in [5.74, 6) is 1.00. The van der Waals surface area contributed by atoms with Crippen molar-refractivity contribution in [3.05, 3.63) is 29.8 Å². The maximum atomic E-state index is 9.29. The summed E-state index contributed by atoms with van der Waals surface area (Å²) in [6.07, 6.45) is 4.01. The second-order valence-electron chi connectivity index (χ2n) is 5.24. The van der Waals surface area contributed by atoms with Gasteiger partial charge in [0.15, 0.2) is 0 Å². The summed E-state index contributed by atoms with van der Waals surface area (Å²) in [4.78, 5) is 0. The van der Waals surface area contributed by atoms with Crippen LogP contribution in [0.4, 0.5) is 0 Å². The lowest BCUT2D eigenvalue weighted by Crippen LogP contribution is -2.43. The highest BCUT2D eigenvalue weighted by Gasteiger charge is 2.19. The molecule has 1 aromatic carbocycles. The van der Waals surface area contributed by atoms with Crippen molar-refractivity contribution in [2.24, 2.45) is 0 Å². The molecule has 0 aromatic heterocycles. The van der Waals surface area contributed by atoms with Crippen molar-refractivity contribution >= 4 is 0 Å². The van der Waals surface area contributed by atoms with Crippen molar-refractivity contribution < 1.29 is 9.84 Å². The first-order valence-electron chi connectivity index (χ1n) is 7.15. The van der Waals surface area contributed by atoms with E-state index in [1.807, 2.05) is 32.2 Å². The van der Waals surface area contributed by atoms with E-state index in [0.717, 1.165) is 38.0 Å². The van der Waals surface area contributed by atoms with Gasteiger partial charge in [0.05, 0.1) is 13.2 Å². The first-order valence-corrected chi connectivity index (χ1v) is 7.15. The van der Waals surface area contributed by atoms with Crippen molar-refractivity contribution in [1.82, 2.24) is 5.32 Å². The van der Waals surface area contributed by atoms with Gasteiger partial charge in [-0.3, -0.25) is 0 Å². The number of ether oxygens (including phenoxy) is 1. The number of aliphatic hydroxyl groups is 1. The maximum absolute atomic E-state index is 9.29. The minimum atomic E-state index is -0.165. The Labute approximate surface area is 117 Å². The van der Waals surface area contributed by atoms with Crippen molar-refractivity contribution in [2.45, 2.75) is 45.1 Å². The van der Waals surface area contributed by atoms with Crippen LogP contribution in [-0.2, 0) is 6.42 Å². The second-order valence-corrected chi connectivity index (χ2v) is 5.24. The van der Waals surface area contributed by atoms with Crippen LogP contribution in [0.3, 0.4) is 0 Å². The highest BCUT2D eigenvalue weighted by Crippen LogP contribution is 2.19. The molecule has 0 bridgehead atoms. The summed E-state index contributed by atoms with van der Waals surface area (Å²) >= 11 is 0. The number of likely N-dealkylation sites (N-methyl/N-ethyl adjacent to an activating group) is 1. The third-order valence-corrected chi connectivity index (χ3v) is 3.69. The zero-order chi connectivity index (χ0) is 14.1. The summed E-state index contributed by atoms with van der Waals surface area (Å²) in [6.45, 7) is 5.09. The molecular formula is C16H27NO2. The second kappa shape index (κ2) is 8.18. The fourth-order valence-electron chi connectivity index (χ4n) is 2.02. The molecule has 0 radical (unpaired) electrons. The van der Waals surface area contributed by atoms with Gasteiger partial charge in [-0.1, -0.05) is 25.1 Å². The number of para-hydroxylation sites is 1. The number of aliphatic hydroxyl groups excluding tert-OH is 1. The van der Waals surface area contributed by atoms with E-state index in [9.17, 15) is 5.11 Å². The average molecular weight is 265 g/mol. The minimum absolute atomic E-state index is 0.165. The molecule has 0 aliphatic heterocycles. The van der Waals surface area contributed by atoms with Gasteiger partial charge >= 0.3 is 0 Å². The number of benzene rings is 1. The van der Waals surface area contributed by atoms with Crippen LogP contribution < -0.4 is 10.1 Å². The molecule has 108 valence electrons. The number of hydrogen-bond acceptors (Lipinski definition) is 3. The number of hydrogen-bond donors (Lipinski definition) is 2. The largest absolute Gasteiger partial charge is 0.493 e. The van der Waals surface area contributed by atoms with Gasteiger partial charge in [-0.05, 0) is 51.3 Å². The molecule has 1 rings (SSSR count). The molecule has 0 saturated heterocycles. The minimum Gasteiger partial charge on any atom is -0.493 e. The average Bonchev–Trinajstić information content (AvgIpc) is 2.47. The Balaban J connectivity index is 2.28. The van der Waals surface area contributed by atoms with Gasteiger partial charge in [-0.25, -0.2) is 0 Å². The van der Waals surface area contributed by atoms with Crippen LogP contribution in [0, 0.1) is 0 Å². The predicted molar refractivity (Wildman–Crippen MR) is 79.7 cm³/mol. The molecule has 0 aliphatic rings. The Morgan fingerprint density at radius 1 is 1.26 bits per heavy atom. The molecular weight excluding hydrogens is 238 g/mol. The SMILES string of the molecule is CCc1ccccc1OCCCCC(C)(CO)NC. The van der Waals surface area contributed by atoms with E-state index in [2.05, 4.69) is 18.3 Å². The monoisotopic (exact) mass is 265 g/mol. The Kier molecular flexibility index (Phi) is 6.89. The summed E-state index contributed by atoms with van der Waals surface area (Å²) < 4.78 is 5.83. The van der Waals surface area contributed by atoms with Crippen LogP contribution in [-0.4, -0.2) is 30.9 Å². The molecule has 0 spiro atoms. The van der Waals surface area contributed by atoms with Crippen molar-refractivity contribution in [3.8, 4) is 5.75 Å². The Hall–Kier alpha value is -1.06. The first kappa shape index (κ1) is 16.0. The van der Waals surface area contributed by atoms with Gasteiger partial charge in [-0.15, -0.1) is 0 Å². The van der Waals surface area contributed by atoms with E-state index >= 15 is 0 Å². The fourth-order valence-corrected chi connectivity index (χ4v) is 2.02. The molecule has 19 heavy (non-hydrogen) atoms. The van der Waals surface area contributed by atoms with Crippen LogP contribution in [0.1, 0.15) is 38.7 Å². The summed E-state index contributed by atoms with van der Waals surface area (Å²) in [7, 11) is 1.89. The molecule has 0 fully saturated rings. The van der Waals surface area contributed by atoms with E-state index < -0.39 is 0 Å². The van der Waals surface area contributed by atoms with E-state index in [-0.39, 0.29) is 12.1 Å². The molecule has 0 aliphatic carbocycles. The van der Waals surface area contributed by atoms with E-state index in [0.29, 0.717) is 0 Å². The quantitative estimate of drug-likeness (QED) is 0.675. The van der Waals surface area contributed by atoms with Gasteiger partial charge in [0.2, 0.25) is 0 Å². The number of aryl methyl sites for hydroxylation is 1. The topological polar surface area (TPSA) is 41.5 Å². The molecule has 3 heteroatoms. The smallest absolute Gasteiger partial charge is 0.122 e. The predicted octanol–water partition coefficient (Wildman–Crippen LogP) is 2.77. The zero-order valence-electron chi connectivity index (χ0n) is 12.4. The summed E-state index contributed by atoms with van der Waals surface area (Å²) in [5, 5.41) is 12.5. The lowest BCUT2D eigenvalue weighted by molar-refractivity contribution is 0.168. The zero-order valence-corrected chi connectivity index (χ0v) is 12.4. The number of rotatable bonds is 9. The molecule has 0 amide bonds. The van der Waals surface area contributed by atoms with E-state index in [4.69, 9.17) is 4.74 Å². The van der Waals surface area contributed by atoms with E-state index in [1.165, 1.54) is 5.56 Å². The van der Waals surface area contributed by atoms with Gasteiger partial charge in [0.25, 0.3) is 0 Å². The molecule has 2 N–H and O–H groups in total. The van der Waals surface area contributed by atoms with Gasteiger partial charge in [0.1, 0.15) is 5.75 Å². The van der Waals surface area contributed by atoms with Crippen LogP contribution >= 0.6 is 0 Å². The van der Waals surface area contributed by atoms with Crippen LogP contribution in [0.15, 0.2) is 24.3 Å². The Morgan fingerprint density at radius 2 is 2.00 bits per heavy atom. The van der Waals surface area contributed by atoms with Crippen molar-refractivity contribution in [1.29, 1.82) is 0 Å². The maximum Gasteiger partial charge on any atom is 0.122 e. The summed E-state index contributed by atoms with van der Waals surface area (Å²) in [6, 6.07) is 8.20. The van der Waals surface area contributed by atoms with Crippen molar-refractivity contribution in [3.63, 3.8) is 0 Å². The van der Waals surface area contributed by atoms with Crippen LogP contribution in [0.25, 0.3) is 0 Å². The lowest BCUT2D eigenvalue weighted by atomic mass is 9.96. The highest BCUT2D eigenvalue weighted by atomic mass is 16.5. The Morgan fingerprint density at radius 3 is 2.63 bits per heavy atom. The van der Waals surface area contributed by atoms with Crippen molar-refractivity contribution in [2.75, 3.05) is 20.3 Å². The van der Waals surface area contributed by atoms with E-state index in [1.54, 1.807) is 0 Å². The number of unbranched alkanes of at least 4 members (excludes halogenated alkanes) is 1. The first-order chi connectivity index (χ1) is 9.15. The van der Waals surface area contributed by atoms with Crippen LogP contribution in [0.5, 0.6) is 5.75 Å². The van der Waals surface area contributed by atoms with Crippen LogP contribution in [0.2, 0.25) is 0 Å². The molecule has 1 aromatic rings. The normalized spacial score (nSPS) is 14.1. The van der Waals surface area contributed by atoms with Gasteiger partial charge in [-0.2, -0.15) is 0 Å². The third-order valence-electron chi connectivity index (χ3n) is 3.69. The molecule has 3 nitrogen and oxygen atoms in total. The molecule has 1 unspecified atom stereocenters. The third kappa shape index (κ3) is 5.21. The fraction of sp³-hybridized carbons (Fsp3) is 0.625. The Bertz CT molecular complexity index is 362. The number of nitrogens with one attached hydrogen (secondary N) is 1. The summed E-state index contributed by atoms with van der Waals surface area (Å²) in [5.41, 5.74) is 1.10. The molecule has 1 atom stereocenters. The van der Waals surface area contributed by atoms with Gasteiger partial charge in [0, 0.05) is 5.54 Å². The van der Waals surface area contributed by atoms with Gasteiger partial charge < -0.3 is 15.2 Å². The lowest BCUT2D eigenvalue weighted by Gasteiger charge is -2.26. The standard InChI is InChI=1S/C16H27NO2/c1-4-14-9-5-6-10-15(14)19-12-8-7-11-16(2,13-18)17-3/h5-6,9-10,17-18H,4,7-8,11-13H2,1-3H3. The highest BCUT2D eigenvalue weighted by molar-refractivity contribution is 5.33.